The van der Waals surface area contributed by atoms with Crippen LogP contribution in [0.5, 0.6) is 0 Å². The van der Waals surface area contributed by atoms with Gasteiger partial charge in [-0.05, 0) is 61.6 Å². The Morgan fingerprint density at radius 3 is 2.70 bits per heavy atom. The van der Waals surface area contributed by atoms with Crippen LogP contribution in [-0.4, -0.2) is 46.0 Å². The molecule has 2 fully saturated rings. The predicted octanol–water partition coefficient (Wildman–Crippen LogP) is 2.23. The summed E-state index contributed by atoms with van der Waals surface area (Å²) >= 11 is 0. The topological polar surface area (TPSA) is 106 Å². The van der Waals surface area contributed by atoms with Crippen molar-refractivity contribution in [3.05, 3.63) is 29.1 Å². The lowest BCUT2D eigenvalue weighted by Crippen LogP contribution is -2.57. The molecule has 0 amide bonds. The Hall–Kier alpha value is -1.50. The predicted molar refractivity (Wildman–Crippen MR) is 102 cm³/mol. The van der Waals surface area contributed by atoms with Crippen LogP contribution in [0, 0.1) is 18.8 Å². The van der Waals surface area contributed by atoms with Gasteiger partial charge in [-0.1, -0.05) is 19.3 Å². The van der Waals surface area contributed by atoms with Gasteiger partial charge < -0.3 is 20.7 Å². The van der Waals surface area contributed by atoms with Crippen LogP contribution < -0.4 is 5.73 Å². The quantitative estimate of drug-likeness (QED) is 0.517. The van der Waals surface area contributed by atoms with E-state index in [1.54, 1.807) is 6.20 Å². The van der Waals surface area contributed by atoms with E-state index in [2.05, 4.69) is 4.98 Å². The van der Waals surface area contributed by atoms with Gasteiger partial charge in [-0.3, -0.25) is 4.98 Å². The third-order valence-electron chi connectivity index (χ3n) is 5.81. The molecule has 4 N–H and O–H groups in total. The van der Waals surface area contributed by atoms with Crippen LogP contribution in [0.15, 0.2) is 12.3 Å². The molecule has 0 aromatic carbocycles. The van der Waals surface area contributed by atoms with Gasteiger partial charge >= 0.3 is 5.97 Å². The normalized spacial score (nSPS) is 20.3. The van der Waals surface area contributed by atoms with E-state index in [1.165, 1.54) is 24.8 Å². The summed E-state index contributed by atoms with van der Waals surface area (Å²) in [6.07, 6.45) is 9.99. The van der Waals surface area contributed by atoms with Crippen molar-refractivity contribution < 1.29 is 19.7 Å². The zero-order valence-corrected chi connectivity index (χ0v) is 16.2. The standard InChI is InChI=1S/C21H32N2O4/c1-14-11-23-18(9-17(14)4-2-3-15-5-6-15)10-21(26,20(24)25)19(22)13-27-12-16-7-8-16/h9,11,15-16,19,26H,2-8,10,12-13,22H2,1H3,(H,24,25). The Bertz CT molecular complexity index is 658. The third kappa shape index (κ3) is 5.74. The van der Waals surface area contributed by atoms with E-state index in [9.17, 15) is 15.0 Å². The summed E-state index contributed by atoms with van der Waals surface area (Å²) < 4.78 is 5.51. The zero-order chi connectivity index (χ0) is 19.4. The molecule has 1 aromatic heterocycles. The number of aliphatic carboxylic acids is 1. The first-order chi connectivity index (χ1) is 12.9. The van der Waals surface area contributed by atoms with Crippen LogP contribution in [0.2, 0.25) is 0 Å². The lowest BCUT2D eigenvalue weighted by atomic mass is 9.89. The largest absolute Gasteiger partial charge is 0.479 e. The number of carbonyl (C=O) groups is 1. The Labute approximate surface area is 161 Å². The summed E-state index contributed by atoms with van der Waals surface area (Å²) in [4.78, 5) is 16.1. The second-order valence-electron chi connectivity index (χ2n) is 8.43. The number of carboxylic acid groups (broad SMARTS) is 1. The molecule has 3 rings (SSSR count). The van der Waals surface area contributed by atoms with Gasteiger partial charge in [-0.2, -0.15) is 0 Å². The van der Waals surface area contributed by atoms with Gasteiger partial charge in [-0.25, -0.2) is 4.79 Å². The highest BCUT2D eigenvalue weighted by Gasteiger charge is 2.43. The van der Waals surface area contributed by atoms with Crippen molar-refractivity contribution in [1.82, 2.24) is 4.98 Å². The zero-order valence-electron chi connectivity index (χ0n) is 16.2. The SMILES string of the molecule is Cc1cnc(CC(O)(C(=O)O)C(N)COCC2CC2)cc1CCCC1CC1. The molecule has 0 spiro atoms. The second kappa shape index (κ2) is 8.67. The summed E-state index contributed by atoms with van der Waals surface area (Å²) in [6.45, 7) is 2.63. The van der Waals surface area contributed by atoms with Crippen molar-refractivity contribution in [1.29, 1.82) is 0 Å². The summed E-state index contributed by atoms with van der Waals surface area (Å²) in [5, 5.41) is 20.4. The highest BCUT2D eigenvalue weighted by atomic mass is 16.5. The van der Waals surface area contributed by atoms with Crippen molar-refractivity contribution in [3.8, 4) is 0 Å². The van der Waals surface area contributed by atoms with Crippen LogP contribution >= 0.6 is 0 Å². The minimum atomic E-state index is -2.09. The van der Waals surface area contributed by atoms with E-state index >= 15 is 0 Å². The lowest BCUT2D eigenvalue weighted by Gasteiger charge is -2.29. The minimum absolute atomic E-state index is 0.0272. The molecule has 2 atom stereocenters. The van der Waals surface area contributed by atoms with Crippen LogP contribution in [0.3, 0.4) is 0 Å². The molecule has 1 aromatic rings. The average Bonchev–Trinajstić information content (AvgIpc) is 3.52. The second-order valence-corrected chi connectivity index (χ2v) is 8.43. The summed E-state index contributed by atoms with van der Waals surface area (Å²) in [6, 6.07) is 0.920. The maximum Gasteiger partial charge on any atom is 0.337 e. The molecule has 2 saturated carbocycles. The van der Waals surface area contributed by atoms with Gasteiger partial charge in [0.2, 0.25) is 0 Å². The monoisotopic (exact) mass is 376 g/mol. The fourth-order valence-electron chi connectivity index (χ4n) is 3.39. The molecular weight excluding hydrogens is 344 g/mol. The van der Waals surface area contributed by atoms with Crippen molar-refractivity contribution in [2.75, 3.05) is 13.2 Å². The van der Waals surface area contributed by atoms with E-state index in [4.69, 9.17) is 10.5 Å². The molecule has 2 aliphatic carbocycles. The first-order valence-electron chi connectivity index (χ1n) is 10.1. The number of pyridine rings is 1. The van der Waals surface area contributed by atoms with E-state index in [-0.39, 0.29) is 13.0 Å². The average molecular weight is 376 g/mol. The van der Waals surface area contributed by atoms with Crippen molar-refractivity contribution in [3.63, 3.8) is 0 Å². The Balaban J connectivity index is 1.62. The first-order valence-corrected chi connectivity index (χ1v) is 10.1. The smallest absolute Gasteiger partial charge is 0.337 e. The highest BCUT2D eigenvalue weighted by molar-refractivity contribution is 5.78. The van der Waals surface area contributed by atoms with Gasteiger partial charge in [0.1, 0.15) is 0 Å². The Morgan fingerprint density at radius 1 is 1.37 bits per heavy atom. The number of aryl methyl sites for hydroxylation is 2. The number of nitrogens with zero attached hydrogens (tertiary/aromatic N) is 1. The molecule has 2 unspecified atom stereocenters. The van der Waals surface area contributed by atoms with Crippen molar-refractivity contribution in [2.45, 2.75) is 69.9 Å². The lowest BCUT2D eigenvalue weighted by molar-refractivity contribution is -0.162. The molecule has 6 nitrogen and oxygen atoms in total. The van der Waals surface area contributed by atoms with E-state index in [1.807, 2.05) is 13.0 Å². The fourth-order valence-corrected chi connectivity index (χ4v) is 3.39. The number of hydrogen-bond acceptors (Lipinski definition) is 5. The van der Waals surface area contributed by atoms with Crippen molar-refractivity contribution in [2.24, 2.45) is 17.6 Å². The van der Waals surface area contributed by atoms with Gasteiger partial charge in [0.15, 0.2) is 5.60 Å². The van der Waals surface area contributed by atoms with Crippen LogP contribution in [0.1, 0.15) is 55.3 Å². The van der Waals surface area contributed by atoms with Crippen LogP contribution in [-0.2, 0) is 22.4 Å². The van der Waals surface area contributed by atoms with E-state index in [0.29, 0.717) is 18.2 Å². The molecule has 150 valence electrons. The molecule has 6 heteroatoms. The summed E-state index contributed by atoms with van der Waals surface area (Å²) in [5.74, 6) is 0.132. The molecular formula is C21H32N2O4. The molecule has 27 heavy (non-hydrogen) atoms. The van der Waals surface area contributed by atoms with E-state index < -0.39 is 17.6 Å². The van der Waals surface area contributed by atoms with Crippen molar-refractivity contribution >= 4 is 5.97 Å². The number of ether oxygens (including phenoxy) is 1. The number of aliphatic hydroxyl groups is 1. The van der Waals surface area contributed by atoms with E-state index in [0.717, 1.165) is 37.2 Å². The first kappa shape index (κ1) is 20.2. The summed E-state index contributed by atoms with van der Waals surface area (Å²) in [5.41, 5.74) is 6.76. The molecule has 0 radical (unpaired) electrons. The third-order valence-corrected chi connectivity index (χ3v) is 5.81. The van der Waals surface area contributed by atoms with Crippen LogP contribution in [0.4, 0.5) is 0 Å². The molecule has 1 heterocycles. The van der Waals surface area contributed by atoms with Gasteiger partial charge in [0.25, 0.3) is 0 Å². The molecule has 0 bridgehead atoms. The maximum absolute atomic E-state index is 11.8. The fraction of sp³-hybridized carbons (Fsp3) is 0.714. The van der Waals surface area contributed by atoms with Gasteiger partial charge in [-0.15, -0.1) is 0 Å². The number of hydrogen-bond donors (Lipinski definition) is 3. The molecule has 0 aliphatic heterocycles. The van der Waals surface area contributed by atoms with Gasteiger partial charge in [0.05, 0.1) is 12.6 Å². The minimum Gasteiger partial charge on any atom is -0.479 e. The Kier molecular flexibility index (Phi) is 6.50. The highest BCUT2D eigenvalue weighted by Crippen LogP contribution is 2.34. The van der Waals surface area contributed by atoms with Crippen LogP contribution in [0.25, 0.3) is 0 Å². The molecule has 0 saturated heterocycles. The Morgan fingerprint density at radius 2 is 2.07 bits per heavy atom. The number of carboxylic acids is 1. The summed E-state index contributed by atoms with van der Waals surface area (Å²) in [7, 11) is 0. The number of aromatic nitrogens is 1. The number of rotatable bonds is 12. The maximum atomic E-state index is 11.8. The number of nitrogens with two attached hydrogens (primary N) is 1. The van der Waals surface area contributed by atoms with Gasteiger partial charge in [0, 0.05) is 24.9 Å². The molecule has 2 aliphatic rings.